The second kappa shape index (κ2) is 21.5. The van der Waals surface area contributed by atoms with Crippen LogP contribution in [0.25, 0.3) is 10.9 Å². The molecule has 48 heavy (non-hydrogen) atoms. The Bertz CT molecular complexity index is 1370. The van der Waals surface area contributed by atoms with Crippen molar-refractivity contribution in [2.24, 2.45) is 23.0 Å². The summed E-state index contributed by atoms with van der Waals surface area (Å²) in [5, 5.41) is 3.76. The van der Waals surface area contributed by atoms with Gasteiger partial charge in [0.1, 0.15) is 0 Å². The SMILES string of the molecule is C.CC.CC(C)NC=O.CCC(C)C(=O)C(C)(C)N.Cc1ccccc1CC1(C)CCCN(C(=O)[C@H](C)Cc2c[nH]c3ccccc23)C1. The van der Waals surface area contributed by atoms with Gasteiger partial charge in [0.25, 0.3) is 0 Å². The molecule has 3 aromatic rings. The third-order valence-corrected chi connectivity index (χ3v) is 8.69. The zero-order valence-electron chi connectivity index (χ0n) is 31.2. The Labute approximate surface area is 292 Å². The van der Waals surface area contributed by atoms with Gasteiger partial charge >= 0.3 is 0 Å². The average molecular weight is 665 g/mol. The molecule has 7 nitrogen and oxygen atoms in total. The molecular formula is C41H68N4O3. The smallest absolute Gasteiger partial charge is 0.225 e. The molecular weight excluding hydrogens is 596 g/mol. The van der Waals surface area contributed by atoms with Crippen LogP contribution in [0.15, 0.2) is 54.7 Å². The number of aromatic nitrogens is 1. The second-order valence-corrected chi connectivity index (χ2v) is 14.1. The molecule has 4 rings (SSSR count). The van der Waals surface area contributed by atoms with Gasteiger partial charge in [0.05, 0.1) is 5.54 Å². The number of aryl methyl sites for hydroxylation is 1. The van der Waals surface area contributed by atoms with Gasteiger partial charge in [-0.05, 0) is 94.9 Å². The number of rotatable bonds is 10. The predicted molar refractivity (Wildman–Crippen MR) is 205 cm³/mol. The van der Waals surface area contributed by atoms with Gasteiger partial charge in [-0.2, -0.15) is 0 Å². The van der Waals surface area contributed by atoms with Gasteiger partial charge in [0.15, 0.2) is 5.78 Å². The van der Waals surface area contributed by atoms with E-state index in [0.29, 0.717) is 12.3 Å². The molecule has 3 atom stereocenters. The molecule has 1 fully saturated rings. The van der Waals surface area contributed by atoms with Crippen molar-refractivity contribution in [1.29, 1.82) is 0 Å². The number of piperidine rings is 1. The fourth-order valence-electron chi connectivity index (χ4n) is 5.90. The van der Waals surface area contributed by atoms with Gasteiger partial charge in [-0.15, -0.1) is 0 Å². The summed E-state index contributed by atoms with van der Waals surface area (Å²) in [7, 11) is 0. The number of carbonyl (C=O) groups excluding carboxylic acids is 3. The summed E-state index contributed by atoms with van der Waals surface area (Å²) < 4.78 is 0. The minimum Gasteiger partial charge on any atom is -0.361 e. The Morgan fingerprint density at radius 3 is 2.15 bits per heavy atom. The molecule has 0 aliphatic carbocycles. The van der Waals surface area contributed by atoms with Crippen LogP contribution in [-0.2, 0) is 27.2 Å². The molecule has 1 aliphatic heterocycles. The largest absolute Gasteiger partial charge is 0.361 e. The monoisotopic (exact) mass is 665 g/mol. The Morgan fingerprint density at radius 2 is 1.62 bits per heavy atom. The number of fused-ring (bicyclic) bond motifs is 1. The summed E-state index contributed by atoms with van der Waals surface area (Å²) in [6.45, 7) is 23.6. The normalized spacial score (nSPS) is 16.8. The van der Waals surface area contributed by atoms with Crippen molar-refractivity contribution >= 4 is 29.0 Å². The second-order valence-electron chi connectivity index (χ2n) is 14.1. The number of H-pyrrole nitrogens is 1. The minimum atomic E-state index is -0.657. The zero-order valence-corrected chi connectivity index (χ0v) is 31.2. The first kappa shape index (κ1) is 44.5. The number of benzene rings is 2. The van der Waals surface area contributed by atoms with Crippen LogP contribution in [-0.4, -0.2) is 52.7 Å². The van der Waals surface area contributed by atoms with Crippen molar-refractivity contribution in [1.82, 2.24) is 15.2 Å². The molecule has 0 radical (unpaired) electrons. The van der Waals surface area contributed by atoms with Crippen molar-refractivity contribution in [2.75, 3.05) is 13.1 Å². The van der Waals surface area contributed by atoms with Crippen LogP contribution >= 0.6 is 0 Å². The minimum absolute atomic E-state index is 0. The number of hydrogen-bond donors (Lipinski definition) is 3. The Hall–Kier alpha value is -3.45. The maximum atomic E-state index is 13.3. The molecule has 0 bridgehead atoms. The van der Waals surface area contributed by atoms with Crippen LogP contribution in [0.3, 0.4) is 0 Å². The van der Waals surface area contributed by atoms with Crippen LogP contribution in [0.1, 0.15) is 113 Å². The molecule has 2 amide bonds. The van der Waals surface area contributed by atoms with E-state index in [-0.39, 0.29) is 36.5 Å². The van der Waals surface area contributed by atoms with E-state index in [0.717, 1.165) is 44.3 Å². The lowest BCUT2D eigenvalue weighted by Crippen LogP contribution is -2.47. The van der Waals surface area contributed by atoms with E-state index in [2.05, 4.69) is 84.6 Å². The van der Waals surface area contributed by atoms with E-state index >= 15 is 0 Å². The van der Waals surface area contributed by atoms with E-state index in [1.54, 1.807) is 13.8 Å². The number of nitrogens with zero attached hydrogens (tertiary/aromatic N) is 1. The van der Waals surface area contributed by atoms with Crippen LogP contribution in [0.2, 0.25) is 0 Å². The van der Waals surface area contributed by atoms with Gasteiger partial charge in [-0.1, -0.05) is 91.4 Å². The van der Waals surface area contributed by atoms with Crippen molar-refractivity contribution in [2.45, 2.75) is 127 Å². The highest BCUT2D eigenvalue weighted by Gasteiger charge is 2.35. The van der Waals surface area contributed by atoms with Crippen molar-refractivity contribution in [3.8, 4) is 0 Å². The van der Waals surface area contributed by atoms with E-state index in [1.165, 1.54) is 28.5 Å². The van der Waals surface area contributed by atoms with Gasteiger partial charge in [-0.25, -0.2) is 0 Å². The highest BCUT2D eigenvalue weighted by molar-refractivity contribution is 5.89. The summed E-state index contributed by atoms with van der Waals surface area (Å²) in [5.74, 6) is 0.538. The van der Waals surface area contributed by atoms with Crippen molar-refractivity contribution < 1.29 is 14.4 Å². The number of para-hydroxylation sites is 1. The number of hydrogen-bond acceptors (Lipinski definition) is 4. The summed E-state index contributed by atoms with van der Waals surface area (Å²) in [4.78, 5) is 39.5. The Morgan fingerprint density at radius 1 is 1.02 bits per heavy atom. The van der Waals surface area contributed by atoms with Crippen molar-refractivity contribution in [3.05, 3.63) is 71.4 Å². The third-order valence-electron chi connectivity index (χ3n) is 8.69. The lowest BCUT2D eigenvalue weighted by Gasteiger charge is -2.42. The molecule has 0 spiro atoms. The van der Waals surface area contributed by atoms with E-state index < -0.39 is 5.54 Å². The third kappa shape index (κ3) is 14.3. The Balaban J connectivity index is 0.000000969. The summed E-state index contributed by atoms with van der Waals surface area (Å²) in [6.07, 6.45) is 7.74. The lowest BCUT2D eigenvalue weighted by molar-refractivity contribution is -0.138. The van der Waals surface area contributed by atoms with Crippen LogP contribution in [0, 0.1) is 24.2 Å². The molecule has 4 N–H and O–H groups in total. The van der Waals surface area contributed by atoms with Gasteiger partial charge in [0.2, 0.25) is 12.3 Å². The number of amides is 2. The maximum absolute atomic E-state index is 13.3. The quantitative estimate of drug-likeness (QED) is 0.189. The summed E-state index contributed by atoms with van der Waals surface area (Å²) >= 11 is 0. The standard InChI is InChI=1S/C26H32N2O.C8H17NO.C4H9NO.C2H6.CH4/c1-19-9-4-5-10-21(19)16-26(3)13-8-14-28(18-26)25(29)20(2)15-22-17-27-24-12-7-6-11-23(22)24;1-5-6(2)7(10)8(3,4)9;1-4(2)5-3-6;1-2;/h4-7,9-12,17,20,27H,8,13-16,18H2,1-3H3;6H,5,9H2,1-4H3;3-4H,1-2H3,(H,5,6);1-2H3;1H4/t20-,26?;;;;/m1..../s1. The fraction of sp³-hybridized carbons (Fsp3) is 0.585. The number of likely N-dealkylation sites (tertiary alicyclic amines) is 1. The number of nitrogens with two attached hydrogens (primary N) is 1. The van der Waals surface area contributed by atoms with E-state index in [1.807, 2.05) is 47.6 Å². The molecule has 1 saturated heterocycles. The first-order valence-electron chi connectivity index (χ1n) is 17.5. The first-order chi connectivity index (χ1) is 22.1. The van der Waals surface area contributed by atoms with Gasteiger partial charge in [0, 0.05) is 48.1 Å². The molecule has 0 saturated carbocycles. The number of Topliss-reactive ketones (excluding diaryl/α,β-unsaturated/α-hetero) is 1. The van der Waals surface area contributed by atoms with Crippen molar-refractivity contribution in [3.63, 3.8) is 0 Å². The molecule has 1 aromatic heterocycles. The van der Waals surface area contributed by atoms with E-state index in [9.17, 15) is 14.4 Å². The first-order valence-corrected chi connectivity index (χ1v) is 17.5. The highest BCUT2D eigenvalue weighted by Crippen LogP contribution is 2.35. The number of nitrogens with one attached hydrogen (secondary N) is 2. The molecule has 2 unspecified atom stereocenters. The summed E-state index contributed by atoms with van der Waals surface area (Å²) in [5.41, 5.74) is 10.2. The number of aromatic amines is 1. The molecule has 2 aromatic carbocycles. The van der Waals surface area contributed by atoms with Crippen LogP contribution < -0.4 is 11.1 Å². The van der Waals surface area contributed by atoms with E-state index in [4.69, 9.17) is 5.73 Å². The van der Waals surface area contributed by atoms with Gasteiger partial charge in [-0.3, -0.25) is 14.4 Å². The topological polar surface area (TPSA) is 108 Å². The summed E-state index contributed by atoms with van der Waals surface area (Å²) in [6, 6.07) is 17.3. The molecule has 7 heteroatoms. The van der Waals surface area contributed by atoms with Crippen LogP contribution in [0.4, 0.5) is 0 Å². The predicted octanol–water partition coefficient (Wildman–Crippen LogP) is 8.67. The number of ketones is 1. The highest BCUT2D eigenvalue weighted by atomic mass is 16.2. The fourth-order valence-corrected chi connectivity index (χ4v) is 5.90. The average Bonchev–Trinajstić information content (AvgIpc) is 3.44. The number of carbonyl (C=O) groups is 3. The van der Waals surface area contributed by atoms with Gasteiger partial charge < -0.3 is 20.9 Å². The zero-order chi connectivity index (χ0) is 35.8. The molecule has 1 aliphatic rings. The lowest BCUT2D eigenvalue weighted by atomic mass is 9.76. The molecule has 270 valence electrons. The maximum Gasteiger partial charge on any atom is 0.225 e. The van der Waals surface area contributed by atoms with Crippen LogP contribution in [0.5, 0.6) is 0 Å². The molecule has 2 heterocycles. The Kier molecular flexibility index (Phi) is 20.0.